The molecule has 0 spiro atoms. The van der Waals surface area contributed by atoms with E-state index in [2.05, 4.69) is 15.0 Å². The molecule has 1 amide bonds. The smallest absolute Gasteiger partial charge is 0.271 e. The number of hydrogen-bond donors (Lipinski definition) is 1. The Kier molecular flexibility index (Phi) is 7.41. The van der Waals surface area contributed by atoms with Crippen molar-refractivity contribution in [2.24, 2.45) is 0 Å². The van der Waals surface area contributed by atoms with Crippen LogP contribution in [0, 0.1) is 30.2 Å². The van der Waals surface area contributed by atoms with E-state index in [1.54, 1.807) is 19.2 Å². The molecule has 0 saturated carbocycles. The van der Waals surface area contributed by atoms with Gasteiger partial charge >= 0.3 is 0 Å². The molecule has 5 rings (SSSR count). The Morgan fingerprint density at radius 1 is 1.12 bits per heavy atom. The Morgan fingerprint density at radius 3 is 2.48 bits per heavy atom. The van der Waals surface area contributed by atoms with Crippen molar-refractivity contribution in [2.75, 3.05) is 13.1 Å². The maximum absolute atomic E-state index is 14.3. The highest BCUT2D eigenvalue weighted by atomic mass is 32.1. The molecule has 1 saturated heterocycles. The van der Waals surface area contributed by atoms with Crippen molar-refractivity contribution in [1.82, 2.24) is 24.4 Å². The zero-order chi connectivity index (χ0) is 28.7. The molecule has 1 aliphatic rings. The van der Waals surface area contributed by atoms with Gasteiger partial charge in [0.25, 0.3) is 11.5 Å². The summed E-state index contributed by atoms with van der Waals surface area (Å²) in [7, 11) is 0. The average Bonchev–Trinajstić information content (AvgIpc) is 3.54. The first kappa shape index (κ1) is 27.4. The van der Waals surface area contributed by atoms with Gasteiger partial charge in [0.1, 0.15) is 23.3 Å². The van der Waals surface area contributed by atoms with Crippen molar-refractivity contribution < 1.29 is 27.5 Å². The van der Waals surface area contributed by atoms with Gasteiger partial charge in [-0.2, -0.15) is 4.98 Å². The zero-order valence-corrected chi connectivity index (χ0v) is 22.2. The van der Waals surface area contributed by atoms with Crippen LogP contribution >= 0.6 is 11.3 Å². The van der Waals surface area contributed by atoms with Gasteiger partial charge in [-0.25, -0.2) is 22.5 Å². The van der Waals surface area contributed by atoms with Crippen molar-refractivity contribution >= 4 is 17.2 Å². The third-order valence-corrected chi connectivity index (χ3v) is 7.74. The van der Waals surface area contributed by atoms with Crippen molar-refractivity contribution in [1.29, 1.82) is 0 Å². The number of rotatable bonds is 6. The lowest BCUT2D eigenvalue weighted by Gasteiger charge is -2.24. The minimum atomic E-state index is -0.958. The van der Waals surface area contributed by atoms with Gasteiger partial charge in [0.2, 0.25) is 5.88 Å². The number of thiazole rings is 1. The molecule has 3 aromatic heterocycles. The summed E-state index contributed by atoms with van der Waals surface area (Å²) < 4.78 is 57.1. The molecule has 4 aromatic rings. The van der Waals surface area contributed by atoms with Crippen LogP contribution in [-0.2, 0) is 0 Å². The van der Waals surface area contributed by atoms with E-state index in [0.29, 0.717) is 24.2 Å². The highest BCUT2D eigenvalue weighted by Gasteiger charge is 2.35. The van der Waals surface area contributed by atoms with Gasteiger partial charge in [0, 0.05) is 42.2 Å². The van der Waals surface area contributed by atoms with Crippen molar-refractivity contribution in [2.45, 2.75) is 38.6 Å². The van der Waals surface area contributed by atoms with E-state index in [1.165, 1.54) is 4.90 Å². The molecule has 40 heavy (non-hydrogen) atoms. The van der Waals surface area contributed by atoms with Gasteiger partial charge in [-0.05, 0) is 37.5 Å². The van der Waals surface area contributed by atoms with Crippen LogP contribution in [0.5, 0.6) is 5.88 Å². The lowest BCUT2D eigenvalue weighted by atomic mass is 10.0. The lowest BCUT2D eigenvalue weighted by molar-refractivity contribution is 0.0783. The standard InChI is InChI=1S/C27H23F4N5O3S/c1-3-20(15-6-16(28)8-17(29)7-15)36-23(25-33-13(2)12-40-25)34-24(37)21(27(36)39)26(38)35-5-4-14(11-35)22-19(31)9-18(30)10-32-22/h6-10,12,14,20,37H,3-5,11H2,1-2H3. The van der Waals surface area contributed by atoms with Crippen molar-refractivity contribution in [3.8, 4) is 16.7 Å². The first-order chi connectivity index (χ1) is 19.1. The molecular weight excluding hydrogens is 550 g/mol. The number of aryl methyl sites for hydroxylation is 1. The quantitative estimate of drug-likeness (QED) is 0.327. The van der Waals surface area contributed by atoms with Gasteiger partial charge in [-0.3, -0.25) is 19.1 Å². The number of amides is 1. The number of hydrogen-bond acceptors (Lipinski definition) is 7. The minimum Gasteiger partial charge on any atom is -0.493 e. The van der Waals surface area contributed by atoms with Crippen molar-refractivity contribution in [3.05, 3.63) is 92.0 Å². The number of carbonyl (C=O) groups is 1. The van der Waals surface area contributed by atoms with Crippen LogP contribution in [0.3, 0.4) is 0 Å². The summed E-state index contributed by atoms with van der Waals surface area (Å²) in [5.74, 6) is -5.67. The fourth-order valence-corrected chi connectivity index (χ4v) is 5.77. The number of pyridine rings is 1. The SMILES string of the molecule is CCC(c1cc(F)cc(F)c1)n1c(-c2nc(C)cs2)nc(O)c(C(=O)N2CCC(c3ncc(F)cc3F)C2)c1=O. The maximum atomic E-state index is 14.3. The van der Waals surface area contributed by atoms with Crippen LogP contribution < -0.4 is 5.56 Å². The first-order valence-electron chi connectivity index (χ1n) is 12.4. The number of aromatic nitrogens is 4. The van der Waals surface area contributed by atoms with E-state index in [-0.39, 0.29) is 41.6 Å². The van der Waals surface area contributed by atoms with Gasteiger partial charge in [0.15, 0.2) is 16.4 Å². The van der Waals surface area contributed by atoms with E-state index in [9.17, 15) is 32.3 Å². The molecule has 1 N–H and O–H groups in total. The molecule has 0 aliphatic carbocycles. The van der Waals surface area contributed by atoms with Gasteiger partial charge in [0.05, 0.1) is 17.9 Å². The molecule has 4 heterocycles. The van der Waals surface area contributed by atoms with E-state index in [1.807, 2.05) is 0 Å². The van der Waals surface area contributed by atoms with Gasteiger partial charge in [-0.1, -0.05) is 6.92 Å². The molecule has 1 fully saturated rings. The first-order valence-corrected chi connectivity index (χ1v) is 13.3. The third-order valence-electron chi connectivity index (χ3n) is 6.79. The molecule has 13 heteroatoms. The van der Waals surface area contributed by atoms with Crippen molar-refractivity contribution in [3.63, 3.8) is 0 Å². The molecule has 1 aliphatic heterocycles. The van der Waals surface area contributed by atoms with Gasteiger partial charge in [-0.15, -0.1) is 11.3 Å². The summed E-state index contributed by atoms with van der Waals surface area (Å²) >= 11 is 1.15. The largest absolute Gasteiger partial charge is 0.493 e. The normalized spacial score (nSPS) is 15.9. The zero-order valence-electron chi connectivity index (χ0n) is 21.4. The summed E-state index contributed by atoms with van der Waals surface area (Å²) in [5.41, 5.74) is -0.825. The second kappa shape index (κ2) is 10.8. The molecular formula is C27H23F4N5O3S. The number of likely N-dealkylation sites (tertiary alicyclic amines) is 1. The fraction of sp³-hybridized carbons (Fsp3) is 0.296. The molecule has 0 bridgehead atoms. The lowest BCUT2D eigenvalue weighted by Crippen LogP contribution is -2.38. The summed E-state index contributed by atoms with van der Waals surface area (Å²) in [4.78, 5) is 41.1. The molecule has 0 radical (unpaired) electrons. The molecule has 208 valence electrons. The second-order valence-electron chi connectivity index (χ2n) is 9.49. The summed E-state index contributed by atoms with van der Waals surface area (Å²) in [6.45, 7) is 3.50. The number of benzene rings is 1. The Labute approximate surface area is 229 Å². The minimum absolute atomic E-state index is 0.00915. The van der Waals surface area contributed by atoms with E-state index >= 15 is 0 Å². The Morgan fingerprint density at radius 2 is 1.85 bits per heavy atom. The van der Waals surface area contributed by atoms with Crippen LogP contribution in [0.25, 0.3) is 10.8 Å². The van der Waals surface area contributed by atoms with E-state index in [4.69, 9.17) is 0 Å². The predicted molar refractivity (Wildman–Crippen MR) is 138 cm³/mol. The van der Waals surface area contributed by atoms with Gasteiger partial charge < -0.3 is 10.0 Å². The van der Waals surface area contributed by atoms with E-state index < -0.39 is 58.1 Å². The Hall–Kier alpha value is -4.13. The number of nitrogens with zero attached hydrogens (tertiary/aromatic N) is 5. The van der Waals surface area contributed by atoms with Crippen LogP contribution in [-0.4, -0.2) is 48.5 Å². The number of halogens is 4. The summed E-state index contributed by atoms with van der Waals surface area (Å²) in [6.07, 6.45) is 1.36. The molecule has 2 unspecified atom stereocenters. The van der Waals surface area contributed by atoms with Crippen LogP contribution in [0.15, 0.2) is 40.6 Å². The topological polar surface area (TPSA) is 101 Å². The number of carbonyl (C=O) groups excluding carboxylic acids is 1. The second-order valence-corrected chi connectivity index (χ2v) is 10.3. The summed E-state index contributed by atoms with van der Waals surface area (Å²) in [6, 6.07) is 2.63. The molecule has 2 atom stereocenters. The number of aromatic hydroxyl groups is 1. The monoisotopic (exact) mass is 573 g/mol. The van der Waals surface area contributed by atoms with Crippen LogP contribution in [0.2, 0.25) is 0 Å². The Bertz CT molecular complexity index is 1650. The average molecular weight is 574 g/mol. The molecule has 8 nitrogen and oxygen atoms in total. The predicted octanol–water partition coefficient (Wildman–Crippen LogP) is 4.96. The summed E-state index contributed by atoms with van der Waals surface area (Å²) in [5, 5.41) is 12.8. The van der Waals surface area contributed by atoms with E-state index in [0.717, 1.165) is 34.2 Å². The Balaban J connectivity index is 1.60. The third kappa shape index (κ3) is 5.08. The maximum Gasteiger partial charge on any atom is 0.271 e. The molecule has 1 aromatic carbocycles. The highest BCUT2D eigenvalue weighted by Crippen LogP contribution is 2.33. The highest BCUT2D eigenvalue weighted by molar-refractivity contribution is 7.13. The van der Waals surface area contributed by atoms with Crippen LogP contribution in [0.1, 0.15) is 59.0 Å². The van der Waals surface area contributed by atoms with Crippen LogP contribution in [0.4, 0.5) is 17.6 Å². The fourth-order valence-electron chi connectivity index (χ4n) is 4.99.